The molecular weight excluding hydrogens is 275 g/mol. The Morgan fingerprint density at radius 3 is 1.88 bits per heavy atom. The molecule has 0 aliphatic carbocycles. The first-order valence-corrected chi connectivity index (χ1v) is 7.71. The molecule has 0 aliphatic heterocycles. The molecule has 0 atom stereocenters. The van der Waals surface area contributed by atoms with Gasteiger partial charge in [0.25, 0.3) is 10.1 Å². The van der Waals surface area contributed by atoms with E-state index in [0.717, 1.165) is 5.56 Å². The van der Waals surface area contributed by atoms with Crippen LogP contribution in [0.15, 0.2) is 29.2 Å². The average molecular weight is 288 g/mol. The first-order valence-electron chi connectivity index (χ1n) is 4.45. The van der Waals surface area contributed by atoms with E-state index in [1.807, 2.05) is 6.92 Å². The van der Waals surface area contributed by atoms with Crippen LogP contribution in [0.5, 0.6) is 0 Å². The van der Waals surface area contributed by atoms with Crippen LogP contribution in [0.25, 0.3) is 0 Å². The summed E-state index contributed by atoms with van der Waals surface area (Å²) in [6, 6.07) is 6.07. The molecule has 1 aromatic rings. The van der Waals surface area contributed by atoms with Crippen molar-refractivity contribution in [1.82, 2.24) is 0 Å². The molecule has 0 heterocycles. The van der Waals surface area contributed by atoms with Crippen LogP contribution in [0.2, 0.25) is 0 Å². The van der Waals surface area contributed by atoms with Crippen molar-refractivity contribution in [2.24, 2.45) is 0 Å². The van der Waals surface area contributed by atoms with E-state index in [2.05, 4.69) is 0 Å². The third-order valence-corrected chi connectivity index (χ3v) is 4.70. The molecule has 1 N–H and O–H groups in total. The number of rotatable bonds is 4. The molecule has 92 valence electrons. The predicted octanol–water partition coefficient (Wildman–Crippen LogP) is 0.00802. The maximum atomic E-state index is 11.6. The summed E-state index contributed by atoms with van der Waals surface area (Å²) in [7, 11) is -7.90. The van der Waals surface area contributed by atoms with Gasteiger partial charge in [0, 0.05) is 0 Å². The summed E-state index contributed by atoms with van der Waals surface area (Å²) in [6.07, 6.45) is 0. The standard InChI is InChI=1S/C9H12O5S2.Na.H/c1-8-2-4-9(5-3-8)15(10,11)6-7-16(12,13)14;;/h2-5H,6-7H2,1H3,(H,12,13,14);;. The monoisotopic (exact) mass is 288 g/mol. The van der Waals surface area contributed by atoms with E-state index < -0.39 is 31.5 Å². The normalized spacial score (nSPS) is 11.9. The van der Waals surface area contributed by atoms with Gasteiger partial charge in [-0.1, -0.05) is 17.7 Å². The maximum absolute atomic E-state index is 11.6. The van der Waals surface area contributed by atoms with E-state index in [4.69, 9.17) is 4.55 Å². The zero-order valence-corrected chi connectivity index (χ0v) is 10.3. The first kappa shape index (κ1) is 17.1. The molecule has 0 saturated carbocycles. The molecule has 17 heavy (non-hydrogen) atoms. The fourth-order valence-corrected chi connectivity index (χ4v) is 3.59. The number of benzene rings is 1. The van der Waals surface area contributed by atoms with Gasteiger partial charge in [0.15, 0.2) is 9.84 Å². The molecule has 1 aromatic carbocycles. The minimum absolute atomic E-state index is 0. The van der Waals surface area contributed by atoms with Gasteiger partial charge in [-0.05, 0) is 19.1 Å². The Morgan fingerprint density at radius 2 is 1.47 bits per heavy atom. The van der Waals surface area contributed by atoms with E-state index in [1.165, 1.54) is 12.1 Å². The van der Waals surface area contributed by atoms with Crippen LogP contribution in [-0.2, 0) is 20.0 Å². The number of aryl methyl sites for hydroxylation is 1. The summed E-state index contributed by atoms with van der Waals surface area (Å²) in [5, 5.41) is 0. The van der Waals surface area contributed by atoms with Crippen LogP contribution in [0.3, 0.4) is 0 Å². The topological polar surface area (TPSA) is 88.5 Å². The van der Waals surface area contributed by atoms with Crippen molar-refractivity contribution < 1.29 is 21.4 Å². The zero-order valence-electron chi connectivity index (χ0n) is 8.62. The second-order valence-electron chi connectivity index (χ2n) is 3.42. The van der Waals surface area contributed by atoms with Gasteiger partial charge < -0.3 is 0 Å². The Bertz CT molecular complexity index is 560. The van der Waals surface area contributed by atoms with Crippen LogP contribution < -0.4 is 0 Å². The molecule has 5 nitrogen and oxygen atoms in total. The van der Waals surface area contributed by atoms with Gasteiger partial charge >= 0.3 is 29.6 Å². The zero-order chi connectivity index (χ0) is 12.4. The summed E-state index contributed by atoms with van der Waals surface area (Å²) in [5.41, 5.74) is 0.911. The van der Waals surface area contributed by atoms with Crippen LogP contribution in [0.4, 0.5) is 0 Å². The number of sulfone groups is 1. The van der Waals surface area contributed by atoms with Crippen LogP contribution in [0.1, 0.15) is 5.56 Å². The van der Waals surface area contributed by atoms with Gasteiger partial charge in [0.2, 0.25) is 0 Å². The molecule has 0 fully saturated rings. The third-order valence-electron chi connectivity index (χ3n) is 1.99. The van der Waals surface area contributed by atoms with Crippen molar-refractivity contribution in [1.29, 1.82) is 0 Å². The molecule has 0 radical (unpaired) electrons. The first-order chi connectivity index (χ1) is 7.21. The second kappa shape index (κ2) is 6.31. The minimum atomic E-state index is -4.25. The fraction of sp³-hybridized carbons (Fsp3) is 0.333. The molecule has 0 unspecified atom stereocenters. The van der Waals surface area contributed by atoms with E-state index in [1.54, 1.807) is 12.1 Å². The van der Waals surface area contributed by atoms with Gasteiger partial charge in [-0.25, -0.2) is 8.42 Å². The molecule has 0 aliphatic rings. The van der Waals surface area contributed by atoms with Gasteiger partial charge in [0.05, 0.1) is 16.4 Å². The van der Waals surface area contributed by atoms with E-state index >= 15 is 0 Å². The van der Waals surface area contributed by atoms with E-state index in [-0.39, 0.29) is 34.5 Å². The number of hydrogen-bond donors (Lipinski definition) is 1. The number of hydrogen-bond acceptors (Lipinski definition) is 4. The summed E-state index contributed by atoms with van der Waals surface area (Å²) in [5.74, 6) is -1.40. The van der Waals surface area contributed by atoms with Crippen molar-refractivity contribution in [3.63, 3.8) is 0 Å². The molecular formula is C9H13NaO5S2. The summed E-state index contributed by atoms with van der Waals surface area (Å²) >= 11 is 0. The molecule has 1 rings (SSSR count). The van der Waals surface area contributed by atoms with Crippen LogP contribution in [0, 0.1) is 6.92 Å². The quantitative estimate of drug-likeness (QED) is 0.622. The Labute approximate surface area is 123 Å². The molecule has 0 spiro atoms. The van der Waals surface area contributed by atoms with E-state index in [0.29, 0.717) is 0 Å². The summed E-state index contributed by atoms with van der Waals surface area (Å²) in [6.45, 7) is 1.81. The Morgan fingerprint density at radius 1 is 1.00 bits per heavy atom. The van der Waals surface area contributed by atoms with Crippen LogP contribution >= 0.6 is 0 Å². The van der Waals surface area contributed by atoms with Crippen molar-refractivity contribution in [2.45, 2.75) is 11.8 Å². The van der Waals surface area contributed by atoms with Crippen molar-refractivity contribution in [3.05, 3.63) is 29.8 Å². The summed E-state index contributed by atoms with van der Waals surface area (Å²) < 4.78 is 52.6. The molecule has 0 aromatic heterocycles. The molecule has 0 saturated heterocycles. The SMILES string of the molecule is Cc1ccc(S(=O)(=O)CCS(=O)(=O)O)cc1.[NaH]. The Hall–Kier alpha value is 0.0800. The van der Waals surface area contributed by atoms with E-state index in [9.17, 15) is 16.8 Å². The Balaban J connectivity index is 0.00000256. The van der Waals surface area contributed by atoms with Gasteiger partial charge in [-0.3, -0.25) is 4.55 Å². The fourth-order valence-electron chi connectivity index (χ4n) is 1.08. The molecule has 8 heteroatoms. The van der Waals surface area contributed by atoms with Gasteiger partial charge in [-0.2, -0.15) is 8.42 Å². The second-order valence-corrected chi connectivity index (χ2v) is 7.10. The third kappa shape index (κ3) is 5.98. The molecule has 0 bridgehead atoms. The predicted molar refractivity (Wildman–Crippen MR) is 66.8 cm³/mol. The summed E-state index contributed by atoms with van der Waals surface area (Å²) in [4.78, 5) is 0.0572. The molecule has 0 amide bonds. The van der Waals surface area contributed by atoms with Crippen molar-refractivity contribution >= 4 is 49.5 Å². The average Bonchev–Trinajstić information content (AvgIpc) is 2.15. The van der Waals surface area contributed by atoms with Gasteiger partial charge in [0.1, 0.15) is 0 Å². The van der Waals surface area contributed by atoms with Gasteiger partial charge in [-0.15, -0.1) is 0 Å². The van der Waals surface area contributed by atoms with Crippen molar-refractivity contribution in [3.8, 4) is 0 Å². The van der Waals surface area contributed by atoms with Crippen molar-refractivity contribution in [2.75, 3.05) is 11.5 Å². The Kier molecular flexibility index (Phi) is 6.34. The van der Waals surface area contributed by atoms with Crippen LogP contribution in [-0.4, -0.2) is 62.5 Å².